The van der Waals surface area contributed by atoms with E-state index in [2.05, 4.69) is 5.32 Å². The molecule has 7 nitrogen and oxygen atoms in total. The van der Waals surface area contributed by atoms with E-state index in [4.69, 9.17) is 5.11 Å². The lowest BCUT2D eigenvalue weighted by molar-refractivity contribution is -0.385. The lowest BCUT2D eigenvalue weighted by atomic mass is 10.2. The van der Waals surface area contributed by atoms with Crippen LogP contribution in [0.2, 0.25) is 0 Å². The number of rotatable bonds is 6. The molecule has 2 aromatic rings. The molecule has 0 radical (unpaired) electrons. The Balaban J connectivity index is 2.08. The molecule has 0 aliphatic rings. The van der Waals surface area contributed by atoms with E-state index in [0.29, 0.717) is 22.0 Å². The molecule has 122 valence electrons. The van der Waals surface area contributed by atoms with Gasteiger partial charge < -0.3 is 15.3 Å². The number of hydrogen-bond acceptors (Lipinski definition) is 6. The quantitative estimate of drug-likeness (QED) is 0.625. The number of likely N-dealkylation sites (N-methyl/N-ethyl adjacent to an activating group) is 1. The number of carbonyl (C=O) groups excluding carboxylic acids is 1. The summed E-state index contributed by atoms with van der Waals surface area (Å²) in [6.45, 7) is 2.20. The van der Waals surface area contributed by atoms with Crippen molar-refractivity contribution < 1.29 is 14.8 Å². The van der Waals surface area contributed by atoms with Gasteiger partial charge in [-0.25, -0.2) is 0 Å². The summed E-state index contributed by atoms with van der Waals surface area (Å²) in [6.07, 6.45) is 0. The van der Waals surface area contributed by atoms with Crippen LogP contribution >= 0.6 is 11.3 Å². The second-order valence-corrected chi connectivity index (χ2v) is 6.21. The minimum atomic E-state index is -0.492. The first-order valence-electron chi connectivity index (χ1n) is 6.90. The molecule has 0 unspecified atom stereocenters. The van der Waals surface area contributed by atoms with Crippen molar-refractivity contribution in [3.8, 4) is 0 Å². The fourth-order valence-electron chi connectivity index (χ4n) is 2.04. The van der Waals surface area contributed by atoms with Crippen LogP contribution in [0.5, 0.6) is 0 Å². The van der Waals surface area contributed by atoms with Gasteiger partial charge in [-0.05, 0) is 31.2 Å². The number of thiophene rings is 1. The van der Waals surface area contributed by atoms with Gasteiger partial charge in [0.1, 0.15) is 0 Å². The van der Waals surface area contributed by atoms with Crippen LogP contribution in [0.25, 0.3) is 0 Å². The molecule has 0 saturated heterocycles. The standard InChI is InChI=1S/C15H17N3O4S/c1-10-13(18(21)22)9-14(23-10)15(20)16-11-3-5-12(6-4-11)17(2)7-8-19/h3-6,9,19H,7-8H2,1-2H3,(H,16,20). The molecule has 0 saturated carbocycles. The Morgan fingerprint density at radius 2 is 2.04 bits per heavy atom. The summed E-state index contributed by atoms with van der Waals surface area (Å²) in [7, 11) is 1.86. The summed E-state index contributed by atoms with van der Waals surface area (Å²) < 4.78 is 0. The fourth-order valence-corrected chi connectivity index (χ4v) is 2.92. The van der Waals surface area contributed by atoms with Crippen molar-refractivity contribution in [1.29, 1.82) is 0 Å². The van der Waals surface area contributed by atoms with Gasteiger partial charge in [-0.2, -0.15) is 0 Å². The number of benzene rings is 1. The topological polar surface area (TPSA) is 95.7 Å². The van der Waals surface area contributed by atoms with Crippen LogP contribution in [0.4, 0.5) is 17.1 Å². The minimum Gasteiger partial charge on any atom is -0.395 e. The van der Waals surface area contributed by atoms with Gasteiger partial charge in [-0.15, -0.1) is 11.3 Å². The average Bonchev–Trinajstić information content (AvgIpc) is 2.90. The predicted molar refractivity (Wildman–Crippen MR) is 90.5 cm³/mol. The smallest absolute Gasteiger partial charge is 0.283 e. The number of carbonyl (C=O) groups is 1. The van der Waals surface area contributed by atoms with E-state index >= 15 is 0 Å². The average molecular weight is 335 g/mol. The highest BCUT2D eigenvalue weighted by molar-refractivity contribution is 7.14. The largest absolute Gasteiger partial charge is 0.395 e. The molecule has 1 heterocycles. The second kappa shape index (κ2) is 7.21. The monoisotopic (exact) mass is 335 g/mol. The molecule has 0 atom stereocenters. The summed E-state index contributed by atoms with van der Waals surface area (Å²) in [6, 6.07) is 8.44. The third-order valence-electron chi connectivity index (χ3n) is 3.31. The van der Waals surface area contributed by atoms with E-state index in [0.717, 1.165) is 17.0 Å². The van der Waals surface area contributed by atoms with Crippen molar-refractivity contribution in [1.82, 2.24) is 0 Å². The number of aliphatic hydroxyl groups excluding tert-OH is 1. The molecular weight excluding hydrogens is 318 g/mol. The molecule has 0 aliphatic heterocycles. The second-order valence-electron chi connectivity index (χ2n) is 4.96. The molecule has 23 heavy (non-hydrogen) atoms. The molecule has 8 heteroatoms. The number of amides is 1. The van der Waals surface area contributed by atoms with Crippen LogP contribution in [0.3, 0.4) is 0 Å². The fraction of sp³-hybridized carbons (Fsp3) is 0.267. The van der Waals surface area contributed by atoms with Gasteiger partial charge in [0.25, 0.3) is 11.6 Å². The number of nitrogens with one attached hydrogen (secondary N) is 1. The van der Waals surface area contributed by atoms with E-state index in [-0.39, 0.29) is 18.2 Å². The van der Waals surface area contributed by atoms with Crippen molar-refractivity contribution in [2.75, 3.05) is 30.4 Å². The number of hydrogen-bond donors (Lipinski definition) is 2. The van der Waals surface area contributed by atoms with Gasteiger partial charge >= 0.3 is 0 Å². The first-order valence-corrected chi connectivity index (χ1v) is 7.72. The Morgan fingerprint density at radius 1 is 1.39 bits per heavy atom. The maximum absolute atomic E-state index is 12.2. The van der Waals surface area contributed by atoms with Crippen LogP contribution in [-0.2, 0) is 0 Å². The lowest BCUT2D eigenvalue weighted by Gasteiger charge is -2.18. The molecule has 1 aromatic heterocycles. The Kier molecular flexibility index (Phi) is 5.30. The molecule has 1 aromatic carbocycles. The Bertz CT molecular complexity index is 712. The van der Waals surface area contributed by atoms with Gasteiger partial charge in [-0.1, -0.05) is 0 Å². The Hall–Kier alpha value is -2.45. The number of aryl methyl sites for hydroxylation is 1. The van der Waals surface area contributed by atoms with Gasteiger partial charge in [0.05, 0.1) is 21.3 Å². The predicted octanol–water partition coefficient (Wildman–Crippen LogP) is 2.65. The van der Waals surface area contributed by atoms with Gasteiger partial charge in [0.2, 0.25) is 0 Å². The summed E-state index contributed by atoms with van der Waals surface area (Å²) in [4.78, 5) is 25.2. The number of aliphatic hydroxyl groups is 1. The molecule has 0 bridgehead atoms. The third kappa shape index (κ3) is 4.05. The normalized spacial score (nSPS) is 10.4. The summed E-state index contributed by atoms with van der Waals surface area (Å²) in [5.41, 5.74) is 1.48. The molecular formula is C15H17N3O4S. The SMILES string of the molecule is Cc1sc(C(=O)Nc2ccc(N(C)CCO)cc2)cc1[N+](=O)[O-]. The highest BCUT2D eigenvalue weighted by Gasteiger charge is 2.19. The zero-order valence-electron chi connectivity index (χ0n) is 12.8. The molecule has 1 amide bonds. The minimum absolute atomic E-state index is 0.0406. The highest BCUT2D eigenvalue weighted by Crippen LogP contribution is 2.28. The zero-order chi connectivity index (χ0) is 17.0. The van der Waals surface area contributed by atoms with Crippen LogP contribution < -0.4 is 10.2 Å². The molecule has 2 rings (SSSR count). The highest BCUT2D eigenvalue weighted by atomic mass is 32.1. The van der Waals surface area contributed by atoms with Crippen molar-refractivity contribution in [3.63, 3.8) is 0 Å². The van der Waals surface area contributed by atoms with Crippen molar-refractivity contribution in [2.45, 2.75) is 6.92 Å². The first-order chi connectivity index (χ1) is 10.9. The number of anilines is 2. The number of nitrogens with zero attached hydrogens (tertiary/aromatic N) is 2. The maximum Gasteiger partial charge on any atom is 0.283 e. The van der Waals surface area contributed by atoms with Crippen molar-refractivity contribution in [3.05, 3.63) is 50.2 Å². The molecule has 0 spiro atoms. The van der Waals surface area contributed by atoms with Gasteiger partial charge in [0.15, 0.2) is 0 Å². The van der Waals surface area contributed by atoms with Crippen LogP contribution in [0.1, 0.15) is 14.5 Å². The van der Waals surface area contributed by atoms with Crippen LogP contribution in [0, 0.1) is 17.0 Å². The van der Waals surface area contributed by atoms with Gasteiger partial charge in [0, 0.05) is 31.0 Å². The van der Waals surface area contributed by atoms with Crippen LogP contribution in [0.15, 0.2) is 30.3 Å². The summed E-state index contributed by atoms with van der Waals surface area (Å²) in [5.74, 6) is -0.373. The van der Waals surface area contributed by atoms with Crippen LogP contribution in [-0.4, -0.2) is 36.1 Å². The van der Waals surface area contributed by atoms with Gasteiger partial charge in [-0.3, -0.25) is 14.9 Å². The van der Waals surface area contributed by atoms with E-state index in [1.54, 1.807) is 19.1 Å². The maximum atomic E-state index is 12.2. The third-order valence-corrected chi connectivity index (χ3v) is 4.35. The molecule has 0 aliphatic carbocycles. The first kappa shape index (κ1) is 16.9. The number of nitro groups is 1. The zero-order valence-corrected chi connectivity index (χ0v) is 13.6. The van der Waals surface area contributed by atoms with E-state index in [1.807, 2.05) is 24.1 Å². The van der Waals surface area contributed by atoms with Crippen molar-refractivity contribution >= 4 is 34.3 Å². The summed E-state index contributed by atoms with van der Waals surface area (Å²) >= 11 is 1.09. The van der Waals surface area contributed by atoms with E-state index in [1.165, 1.54) is 6.07 Å². The van der Waals surface area contributed by atoms with E-state index < -0.39 is 4.92 Å². The molecule has 2 N–H and O–H groups in total. The van der Waals surface area contributed by atoms with Crippen molar-refractivity contribution in [2.24, 2.45) is 0 Å². The van der Waals surface area contributed by atoms with E-state index in [9.17, 15) is 14.9 Å². The summed E-state index contributed by atoms with van der Waals surface area (Å²) in [5, 5.41) is 22.5. The molecule has 0 fully saturated rings. The lowest BCUT2D eigenvalue weighted by Crippen LogP contribution is -2.21. The Morgan fingerprint density at radius 3 is 2.57 bits per heavy atom. The Labute approximate surface area is 137 Å².